The summed E-state index contributed by atoms with van der Waals surface area (Å²) < 4.78 is 10.6. The molecule has 0 aliphatic rings. The maximum absolute atomic E-state index is 11.9. The smallest absolute Gasteiger partial charge is 0.340 e. The molecule has 0 spiro atoms. The summed E-state index contributed by atoms with van der Waals surface area (Å²) in [5, 5.41) is 3.23. The molecule has 4 heteroatoms. The standard InChI is InChI=1S/C18H21NO3.C2H6/c1-13(2)19-17-10-9-15(11-16(17)18(20)21-3)22-12-14-7-5-4-6-8-14;1-2/h4-11,13,19H,12H2,1-3H3;1-2H3. The van der Waals surface area contributed by atoms with Crippen molar-refractivity contribution in [1.82, 2.24) is 0 Å². The third-order valence-corrected chi connectivity index (χ3v) is 3.09. The van der Waals surface area contributed by atoms with Crippen molar-refractivity contribution in [2.24, 2.45) is 0 Å². The molecule has 4 nitrogen and oxygen atoms in total. The Morgan fingerprint density at radius 1 is 1.08 bits per heavy atom. The number of hydrogen-bond donors (Lipinski definition) is 1. The van der Waals surface area contributed by atoms with Gasteiger partial charge in [0.15, 0.2) is 0 Å². The van der Waals surface area contributed by atoms with Gasteiger partial charge in [0.2, 0.25) is 0 Å². The monoisotopic (exact) mass is 329 g/mol. The Labute approximate surface area is 144 Å². The van der Waals surface area contributed by atoms with Crippen molar-refractivity contribution >= 4 is 11.7 Å². The fourth-order valence-corrected chi connectivity index (χ4v) is 2.07. The van der Waals surface area contributed by atoms with Gasteiger partial charge in [-0.2, -0.15) is 0 Å². The lowest BCUT2D eigenvalue weighted by Gasteiger charge is -2.15. The first-order valence-corrected chi connectivity index (χ1v) is 8.25. The number of anilines is 1. The van der Waals surface area contributed by atoms with E-state index in [1.807, 2.05) is 70.2 Å². The quantitative estimate of drug-likeness (QED) is 0.766. The lowest BCUT2D eigenvalue weighted by atomic mass is 10.1. The number of carbonyl (C=O) groups excluding carboxylic acids is 1. The Hall–Kier alpha value is -2.49. The third-order valence-electron chi connectivity index (χ3n) is 3.09. The van der Waals surface area contributed by atoms with E-state index in [0.717, 1.165) is 11.3 Å². The first-order valence-electron chi connectivity index (χ1n) is 8.25. The third kappa shape index (κ3) is 5.95. The van der Waals surface area contributed by atoms with Crippen molar-refractivity contribution in [2.45, 2.75) is 40.3 Å². The predicted octanol–water partition coefficient (Wildman–Crippen LogP) is 4.90. The van der Waals surface area contributed by atoms with Crippen LogP contribution in [-0.2, 0) is 11.3 Å². The van der Waals surface area contributed by atoms with Crippen molar-refractivity contribution in [3.8, 4) is 5.75 Å². The van der Waals surface area contributed by atoms with Crippen molar-refractivity contribution < 1.29 is 14.3 Å². The first kappa shape index (κ1) is 19.6. The second kappa shape index (κ2) is 10.3. The van der Waals surface area contributed by atoms with Crippen LogP contribution < -0.4 is 10.1 Å². The Morgan fingerprint density at radius 3 is 2.33 bits per heavy atom. The summed E-state index contributed by atoms with van der Waals surface area (Å²) in [5.41, 5.74) is 2.29. The molecule has 0 amide bonds. The molecule has 0 heterocycles. The number of hydrogen-bond acceptors (Lipinski definition) is 4. The van der Waals surface area contributed by atoms with Gasteiger partial charge in [-0.1, -0.05) is 44.2 Å². The first-order chi connectivity index (χ1) is 11.6. The maximum Gasteiger partial charge on any atom is 0.340 e. The minimum Gasteiger partial charge on any atom is -0.489 e. The average molecular weight is 329 g/mol. The molecule has 2 rings (SSSR count). The molecule has 0 radical (unpaired) electrons. The van der Waals surface area contributed by atoms with Gasteiger partial charge in [0.1, 0.15) is 12.4 Å². The van der Waals surface area contributed by atoms with Crippen LogP contribution in [-0.4, -0.2) is 19.1 Å². The Kier molecular flexibility index (Phi) is 8.41. The zero-order valence-electron chi connectivity index (χ0n) is 15.1. The van der Waals surface area contributed by atoms with E-state index in [4.69, 9.17) is 9.47 Å². The zero-order chi connectivity index (χ0) is 17.9. The SMILES string of the molecule is CC.COC(=O)c1cc(OCc2ccccc2)ccc1NC(C)C. The lowest BCUT2D eigenvalue weighted by molar-refractivity contribution is 0.0601. The van der Waals surface area contributed by atoms with Crippen LogP contribution in [0.15, 0.2) is 48.5 Å². The molecule has 0 aliphatic carbocycles. The summed E-state index contributed by atoms with van der Waals surface area (Å²) in [5.74, 6) is 0.256. The molecule has 0 atom stereocenters. The Morgan fingerprint density at radius 2 is 1.75 bits per heavy atom. The number of esters is 1. The Balaban J connectivity index is 0.00000139. The fourth-order valence-electron chi connectivity index (χ4n) is 2.07. The van der Waals surface area contributed by atoms with Crippen LogP contribution >= 0.6 is 0 Å². The van der Waals surface area contributed by atoms with Crippen LogP contribution in [0.5, 0.6) is 5.75 Å². The van der Waals surface area contributed by atoms with E-state index in [-0.39, 0.29) is 12.0 Å². The second-order valence-electron chi connectivity index (χ2n) is 5.27. The van der Waals surface area contributed by atoms with Gasteiger partial charge in [-0.05, 0) is 37.6 Å². The molecule has 24 heavy (non-hydrogen) atoms. The van der Waals surface area contributed by atoms with Gasteiger partial charge >= 0.3 is 5.97 Å². The highest BCUT2D eigenvalue weighted by molar-refractivity contribution is 5.96. The van der Waals surface area contributed by atoms with E-state index in [9.17, 15) is 4.79 Å². The van der Waals surface area contributed by atoms with Gasteiger partial charge in [0.25, 0.3) is 0 Å². The minimum absolute atomic E-state index is 0.222. The predicted molar refractivity (Wildman–Crippen MR) is 98.7 cm³/mol. The van der Waals surface area contributed by atoms with Crippen molar-refractivity contribution in [3.05, 3.63) is 59.7 Å². The number of rotatable bonds is 6. The lowest BCUT2D eigenvalue weighted by Crippen LogP contribution is -2.14. The molecule has 0 aliphatic heterocycles. The van der Waals surface area contributed by atoms with Gasteiger partial charge in [-0.25, -0.2) is 4.79 Å². The molecule has 2 aromatic carbocycles. The highest BCUT2D eigenvalue weighted by atomic mass is 16.5. The van der Waals surface area contributed by atoms with E-state index in [0.29, 0.717) is 17.9 Å². The van der Waals surface area contributed by atoms with Crippen LogP contribution in [0.25, 0.3) is 0 Å². The molecular weight excluding hydrogens is 302 g/mol. The zero-order valence-corrected chi connectivity index (χ0v) is 15.1. The van der Waals surface area contributed by atoms with Crippen molar-refractivity contribution in [1.29, 1.82) is 0 Å². The van der Waals surface area contributed by atoms with Crippen LogP contribution in [0, 0.1) is 0 Å². The highest BCUT2D eigenvalue weighted by Crippen LogP contribution is 2.24. The Bertz CT molecular complexity index is 624. The molecule has 0 saturated heterocycles. The molecule has 0 aromatic heterocycles. The van der Waals surface area contributed by atoms with Gasteiger partial charge in [0.05, 0.1) is 12.7 Å². The van der Waals surface area contributed by atoms with Crippen LogP contribution in [0.1, 0.15) is 43.6 Å². The van der Waals surface area contributed by atoms with Crippen LogP contribution in [0.2, 0.25) is 0 Å². The molecule has 0 bridgehead atoms. The van der Waals surface area contributed by atoms with E-state index in [2.05, 4.69) is 5.32 Å². The number of benzene rings is 2. The average Bonchev–Trinajstić information content (AvgIpc) is 2.62. The van der Waals surface area contributed by atoms with Gasteiger partial charge in [-0.3, -0.25) is 0 Å². The van der Waals surface area contributed by atoms with Gasteiger partial charge in [0, 0.05) is 11.7 Å². The summed E-state index contributed by atoms with van der Waals surface area (Å²) in [6, 6.07) is 15.5. The minimum atomic E-state index is -0.381. The number of ether oxygens (including phenoxy) is 2. The molecule has 0 unspecified atom stereocenters. The molecule has 130 valence electrons. The largest absolute Gasteiger partial charge is 0.489 e. The summed E-state index contributed by atoms with van der Waals surface area (Å²) in [6.07, 6.45) is 0. The van der Waals surface area contributed by atoms with Gasteiger partial charge in [-0.15, -0.1) is 0 Å². The normalized spacial score (nSPS) is 9.75. The number of nitrogens with one attached hydrogen (secondary N) is 1. The van der Waals surface area contributed by atoms with E-state index in [1.165, 1.54) is 7.11 Å². The summed E-state index contributed by atoms with van der Waals surface area (Å²) in [7, 11) is 1.37. The molecular formula is C20H27NO3. The summed E-state index contributed by atoms with van der Waals surface area (Å²) >= 11 is 0. The van der Waals surface area contributed by atoms with Crippen molar-refractivity contribution in [2.75, 3.05) is 12.4 Å². The fraction of sp³-hybridized carbons (Fsp3) is 0.350. The van der Waals surface area contributed by atoms with Gasteiger partial charge < -0.3 is 14.8 Å². The molecule has 0 fully saturated rings. The van der Waals surface area contributed by atoms with E-state index in [1.54, 1.807) is 6.07 Å². The number of carbonyl (C=O) groups is 1. The summed E-state index contributed by atoms with van der Waals surface area (Å²) in [4.78, 5) is 11.9. The van der Waals surface area contributed by atoms with Crippen molar-refractivity contribution in [3.63, 3.8) is 0 Å². The molecule has 1 N–H and O–H groups in total. The van der Waals surface area contributed by atoms with E-state index >= 15 is 0 Å². The number of methoxy groups -OCH3 is 1. The van der Waals surface area contributed by atoms with Crippen LogP contribution in [0.3, 0.4) is 0 Å². The van der Waals surface area contributed by atoms with E-state index < -0.39 is 0 Å². The highest BCUT2D eigenvalue weighted by Gasteiger charge is 2.14. The topological polar surface area (TPSA) is 47.6 Å². The second-order valence-corrected chi connectivity index (χ2v) is 5.27. The van der Waals surface area contributed by atoms with Crippen LogP contribution in [0.4, 0.5) is 5.69 Å². The maximum atomic E-state index is 11.9. The summed E-state index contributed by atoms with van der Waals surface area (Å²) in [6.45, 7) is 8.49. The molecule has 0 saturated carbocycles. The molecule has 2 aromatic rings.